The summed E-state index contributed by atoms with van der Waals surface area (Å²) in [6, 6.07) is 30.7. The van der Waals surface area contributed by atoms with E-state index in [2.05, 4.69) is 90.2 Å². The predicted molar refractivity (Wildman–Crippen MR) is 92.1 cm³/mol. The van der Waals surface area contributed by atoms with Crippen LogP contribution in [0.2, 0.25) is 0 Å². The summed E-state index contributed by atoms with van der Waals surface area (Å²) in [5.41, 5.74) is 5.42. The highest BCUT2D eigenvalue weighted by Gasteiger charge is 2.27. The molecule has 1 heterocycles. The van der Waals surface area contributed by atoms with Crippen LogP contribution in [0.25, 0.3) is 0 Å². The number of rotatable bonds is 2. The lowest BCUT2D eigenvalue weighted by atomic mass is 9.80. The Morgan fingerprint density at radius 3 is 1.95 bits per heavy atom. The van der Waals surface area contributed by atoms with E-state index in [-0.39, 0.29) is 0 Å². The number of fused-ring (bicyclic) bond motifs is 1. The Hall–Kier alpha value is -2.54. The van der Waals surface area contributed by atoms with Gasteiger partial charge < -0.3 is 5.32 Å². The summed E-state index contributed by atoms with van der Waals surface area (Å²) in [6.45, 7) is 0. The van der Waals surface area contributed by atoms with E-state index in [1.165, 1.54) is 22.4 Å². The van der Waals surface area contributed by atoms with Crippen LogP contribution < -0.4 is 5.32 Å². The highest BCUT2D eigenvalue weighted by Crippen LogP contribution is 2.43. The van der Waals surface area contributed by atoms with Gasteiger partial charge in [0.2, 0.25) is 0 Å². The summed E-state index contributed by atoms with van der Waals surface area (Å²) in [6.07, 6.45) is 1.09. The van der Waals surface area contributed by atoms with Gasteiger partial charge in [-0.05, 0) is 29.2 Å². The third-order valence-electron chi connectivity index (χ3n) is 4.54. The van der Waals surface area contributed by atoms with E-state index >= 15 is 0 Å². The Bertz CT molecular complexity index is 749. The molecule has 2 atom stereocenters. The number of para-hydroxylation sites is 1. The molecule has 4 rings (SSSR count). The molecule has 22 heavy (non-hydrogen) atoms. The molecular formula is C21H19N. The van der Waals surface area contributed by atoms with Crippen molar-refractivity contribution in [3.05, 3.63) is 102 Å². The first kappa shape index (κ1) is 13.1. The smallest absolute Gasteiger partial charge is 0.0523 e. The summed E-state index contributed by atoms with van der Waals surface area (Å²) < 4.78 is 0. The van der Waals surface area contributed by atoms with E-state index in [4.69, 9.17) is 0 Å². The topological polar surface area (TPSA) is 12.0 Å². The number of anilines is 1. The van der Waals surface area contributed by atoms with Crippen LogP contribution in [-0.4, -0.2) is 0 Å². The second kappa shape index (κ2) is 5.69. The van der Waals surface area contributed by atoms with E-state index in [0.717, 1.165) is 6.42 Å². The molecule has 0 bridgehead atoms. The largest absolute Gasteiger partial charge is 0.378 e. The van der Waals surface area contributed by atoms with E-state index in [1.54, 1.807) is 0 Å². The second-order valence-corrected chi connectivity index (χ2v) is 5.89. The molecule has 3 aromatic rings. The maximum atomic E-state index is 3.71. The van der Waals surface area contributed by atoms with Gasteiger partial charge in [-0.15, -0.1) is 0 Å². The van der Waals surface area contributed by atoms with Crippen LogP contribution >= 0.6 is 0 Å². The molecule has 0 spiro atoms. The first-order valence-electron chi connectivity index (χ1n) is 7.87. The number of benzene rings is 3. The van der Waals surface area contributed by atoms with Gasteiger partial charge in [-0.1, -0.05) is 78.9 Å². The van der Waals surface area contributed by atoms with Crippen molar-refractivity contribution in [2.45, 2.75) is 18.4 Å². The Morgan fingerprint density at radius 2 is 1.23 bits per heavy atom. The molecule has 0 saturated carbocycles. The fourth-order valence-corrected chi connectivity index (χ4v) is 3.45. The number of hydrogen-bond donors (Lipinski definition) is 1. The summed E-state index contributed by atoms with van der Waals surface area (Å²) >= 11 is 0. The van der Waals surface area contributed by atoms with Crippen LogP contribution in [0.5, 0.6) is 0 Å². The van der Waals surface area contributed by atoms with Crippen LogP contribution in [0.1, 0.15) is 35.1 Å². The van der Waals surface area contributed by atoms with Gasteiger partial charge in [-0.25, -0.2) is 0 Å². The van der Waals surface area contributed by atoms with Gasteiger partial charge in [0.25, 0.3) is 0 Å². The Labute approximate surface area is 131 Å². The van der Waals surface area contributed by atoms with Crippen molar-refractivity contribution >= 4 is 5.69 Å². The molecule has 1 nitrogen and oxygen atoms in total. The van der Waals surface area contributed by atoms with Crippen LogP contribution in [0, 0.1) is 0 Å². The van der Waals surface area contributed by atoms with Gasteiger partial charge in [0.15, 0.2) is 0 Å². The Kier molecular flexibility index (Phi) is 3.40. The molecule has 0 aromatic heterocycles. The molecule has 1 unspecified atom stereocenters. The van der Waals surface area contributed by atoms with E-state index in [1.807, 2.05) is 0 Å². The minimum atomic E-state index is 0.362. The monoisotopic (exact) mass is 285 g/mol. The van der Waals surface area contributed by atoms with E-state index in [9.17, 15) is 0 Å². The zero-order chi connectivity index (χ0) is 14.8. The zero-order valence-electron chi connectivity index (χ0n) is 12.4. The number of nitrogens with one attached hydrogen (secondary N) is 1. The summed E-state index contributed by atoms with van der Waals surface area (Å²) in [7, 11) is 0. The molecule has 1 heteroatoms. The SMILES string of the molecule is c1ccc(C2C[C@@H](c3ccccc3)Nc3ccccc32)cc1. The van der Waals surface area contributed by atoms with Crippen molar-refractivity contribution in [1.82, 2.24) is 0 Å². The second-order valence-electron chi connectivity index (χ2n) is 5.89. The van der Waals surface area contributed by atoms with Crippen molar-refractivity contribution < 1.29 is 0 Å². The summed E-state index contributed by atoms with van der Waals surface area (Å²) in [5.74, 6) is 0.448. The molecule has 0 amide bonds. The van der Waals surface area contributed by atoms with Crippen LogP contribution in [-0.2, 0) is 0 Å². The van der Waals surface area contributed by atoms with E-state index in [0.29, 0.717) is 12.0 Å². The van der Waals surface area contributed by atoms with Crippen molar-refractivity contribution in [3.63, 3.8) is 0 Å². The van der Waals surface area contributed by atoms with Crippen molar-refractivity contribution in [3.8, 4) is 0 Å². The molecule has 0 saturated heterocycles. The van der Waals surface area contributed by atoms with Crippen molar-refractivity contribution in [2.24, 2.45) is 0 Å². The van der Waals surface area contributed by atoms with Gasteiger partial charge in [-0.3, -0.25) is 0 Å². The van der Waals surface area contributed by atoms with Gasteiger partial charge in [0.1, 0.15) is 0 Å². The average molecular weight is 285 g/mol. The lowest BCUT2D eigenvalue weighted by Crippen LogP contribution is -2.22. The van der Waals surface area contributed by atoms with E-state index < -0.39 is 0 Å². The zero-order valence-corrected chi connectivity index (χ0v) is 12.4. The van der Waals surface area contributed by atoms with Crippen LogP contribution in [0.4, 0.5) is 5.69 Å². The lowest BCUT2D eigenvalue weighted by Gasteiger charge is -2.34. The molecule has 1 aliphatic heterocycles. The molecule has 3 aromatic carbocycles. The third kappa shape index (κ3) is 2.39. The van der Waals surface area contributed by atoms with Crippen LogP contribution in [0.3, 0.4) is 0 Å². The lowest BCUT2D eigenvalue weighted by molar-refractivity contribution is 0.603. The normalized spacial score (nSPS) is 20.0. The molecule has 0 radical (unpaired) electrons. The maximum Gasteiger partial charge on any atom is 0.0523 e. The predicted octanol–water partition coefficient (Wildman–Crippen LogP) is 5.38. The van der Waals surface area contributed by atoms with Gasteiger partial charge in [0.05, 0.1) is 6.04 Å². The van der Waals surface area contributed by atoms with Gasteiger partial charge >= 0.3 is 0 Å². The molecule has 0 fully saturated rings. The first-order valence-corrected chi connectivity index (χ1v) is 7.87. The summed E-state index contributed by atoms with van der Waals surface area (Å²) in [4.78, 5) is 0. The third-order valence-corrected chi connectivity index (χ3v) is 4.54. The van der Waals surface area contributed by atoms with Crippen LogP contribution in [0.15, 0.2) is 84.9 Å². The highest BCUT2D eigenvalue weighted by atomic mass is 14.9. The highest BCUT2D eigenvalue weighted by molar-refractivity contribution is 5.59. The average Bonchev–Trinajstić information content (AvgIpc) is 2.62. The standard InChI is InChI=1S/C21H19N/c1-3-9-16(10-4-1)19-15-21(17-11-5-2-6-12-17)22-20-14-8-7-13-18(19)20/h1-14,19,21-22H,15H2/t19?,21-/m0/s1. The Balaban J connectivity index is 1.77. The van der Waals surface area contributed by atoms with Gasteiger partial charge in [0, 0.05) is 11.6 Å². The quantitative estimate of drug-likeness (QED) is 0.667. The fourth-order valence-electron chi connectivity index (χ4n) is 3.45. The fraction of sp³-hybridized carbons (Fsp3) is 0.143. The molecular weight excluding hydrogens is 266 g/mol. The number of hydrogen-bond acceptors (Lipinski definition) is 1. The Morgan fingerprint density at radius 1 is 0.636 bits per heavy atom. The molecule has 108 valence electrons. The van der Waals surface area contributed by atoms with Gasteiger partial charge in [-0.2, -0.15) is 0 Å². The van der Waals surface area contributed by atoms with Crippen molar-refractivity contribution in [2.75, 3.05) is 5.32 Å². The minimum absolute atomic E-state index is 0.362. The molecule has 0 aliphatic carbocycles. The van der Waals surface area contributed by atoms with Crippen molar-refractivity contribution in [1.29, 1.82) is 0 Å². The molecule has 1 N–H and O–H groups in total. The maximum absolute atomic E-state index is 3.71. The first-order chi connectivity index (χ1) is 10.9. The summed E-state index contributed by atoms with van der Waals surface area (Å²) in [5, 5.41) is 3.71. The minimum Gasteiger partial charge on any atom is -0.378 e. The molecule has 1 aliphatic rings.